The number of hydrogen-bond donors (Lipinski definition) is 0. The van der Waals surface area contributed by atoms with E-state index >= 15 is 0 Å². The number of rotatable bonds is 4. The van der Waals surface area contributed by atoms with E-state index in [1.807, 2.05) is 18.9 Å². The molecular formula is C11H23NO. The lowest BCUT2D eigenvalue weighted by molar-refractivity contribution is -0.135. The predicted octanol–water partition coefficient (Wildman–Crippen LogP) is 2.39. The highest BCUT2D eigenvalue weighted by atomic mass is 16.2. The second kappa shape index (κ2) is 5.25. The van der Waals surface area contributed by atoms with Crippen LogP contribution in [0.5, 0.6) is 0 Å². The fourth-order valence-electron chi connectivity index (χ4n) is 1.27. The lowest BCUT2D eigenvalue weighted by Crippen LogP contribution is -2.36. The molecule has 0 aromatic heterocycles. The summed E-state index contributed by atoms with van der Waals surface area (Å²) in [6.45, 7) is 11.3. The molecule has 0 heterocycles. The van der Waals surface area contributed by atoms with Gasteiger partial charge in [-0.05, 0) is 11.8 Å². The lowest BCUT2D eigenvalue weighted by Gasteiger charge is -2.24. The number of carbonyl (C=O) groups excluding carboxylic acids is 1. The first-order chi connectivity index (χ1) is 5.86. The van der Waals surface area contributed by atoms with Crippen LogP contribution in [0.15, 0.2) is 0 Å². The summed E-state index contributed by atoms with van der Waals surface area (Å²) < 4.78 is 0. The zero-order valence-electron chi connectivity index (χ0n) is 9.79. The minimum absolute atomic E-state index is 0.142. The van der Waals surface area contributed by atoms with E-state index in [0.29, 0.717) is 11.8 Å². The van der Waals surface area contributed by atoms with Gasteiger partial charge in [0, 0.05) is 19.5 Å². The Bertz CT molecular complexity index is 163. The quantitative estimate of drug-likeness (QED) is 0.658. The van der Waals surface area contributed by atoms with Crippen LogP contribution in [-0.4, -0.2) is 24.4 Å². The fourth-order valence-corrected chi connectivity index (χ4v) is 1.27. The van der Waals surface area contributed by atoms with Crippen LogP contribution in [0.1, 0.15) is 34.6 Å². The highest BCUT2D eigenvalue weighted by Crippen LogP contribution is 2.13. The molecule has 1 unspecified atom stereocenters. The van der Waals surface area contributed by atoms with Gasteiger partial charge in [-0.25, -0.2) is 0 Å². The van der Waals surface area contributed by atoms with Crippen LogP contribution in [0.2, 0.25) is 0 Å². The second-order valence-electron chi connectivity index (χ2n) is 4.65. The largest absolute Gasteiger partial charge is 0.345 e. The average Bonchev–Trinajstić information content (AvgIpc) is 2.00. The zero-order chi connectivity index (χ0) is 10.6. The first kappa shape index (κ1) is 12.5. The van der Waals surface area contributed by atoms with Gasteiger partial charge in [0.1, 0.15) is 0 Å². The Balaban J connectivity index is 4.09. The van der Waals surface area contributed by atoms with Crippen molar-refractivity contribution in [3.05, 3.63) is 0 Å². The van der Waals surface area contributed by atoms with Crippen LogP contribution in [0, 0.1) is 17.8 Å². The molecule has 0 aromatic carbocycles. The molecule has 2 nitrogen and oxygen atoms in total. The Morgan fingerprint density at radius 3 is 1.92 bits per heavy atom. The second-order valence-corrected chi connectivity index (χ2v) is 4.65. The lowest BCUT2D eigenvalue weighted by atomic mass is 9.96. The van der Waals surface area contributed by atoms with E-state index in [-0.39, 0.29) is 11.8 Å². The van der Waals surface area contributed by atoms with Crippen LogP contribution >= 0.6 is 0 Å². The van der Waals surface area contributed by atoms with Gasteiger partial charge in [-0.1, -0.05) is 34.6 Å². The van der Waals surface area contributed by atoms with Crippen molar-refractivity contribution >= 4 is 5.91 Å². The van der Waals surface area contributed by atoms with Crippen molar-refractivity contribution in [2.75, 3.05) is 13.6 Å². The van der Waals surface area contributed by atoms with Crippen molar-refractivity contribution in [1.29, 1.82) is 0 Å². The number of nitrogens with zero attached hydrogens (tertiary/aromatic N) is 1. The molecule has 0 fully saturated rings. The van der Waals surface area contributed by atoms with Gasteiger partial charge in [0.25, 0.3) is 0 Å². The molecule has 0 N–H and O–H groups in total. The SMILES string of the molecule is CC(C)CN(C)C(=O)C(C)C(C)C. The van der Waals surface area contributed by atoms with Gasteiger partial charge in [0.15, 0.2) is 0 Å². The van der Waals surface area contributed by atoms with Gasteiger partial charge in [0.05, 0.1) is 0 Å². The first-order valence-electron chi connectivity index (χ1n) is 5.11. The predicted molar refractivity (Wildman–Crippen MR) is 56.5 cm³/mol. The molecule has 0 aliphatic carbocycles. The molecule has 13 heavy (non-hydrogen) atoms. The molecule has 0 aliphatic heterocycles. The van der Waals surface area contributed by atoms with E-state index in [1.165, 1.54) is 0 Å². The molecule has 0 bridgehead atoms. The third-order valence-electron chi connectivity index (χ3n) is 2.40. The molecule has 0 rings (SSSR count). The molecule has 0 spiro atoms. The van der Waals surface area contributed by atoms with Gasteiger partial charge < -0.3 is 4.90 Å². The van der Waals surface area contributed by atoms with Crippen LogP contribution in [-0.2, 0) is 4.79 Å². The van der Waals surface area contributed by atoms with Gasteiger partial charge in [0.2, 0.25) is 5.91 Å². The van der Waals surface area contributed by atoms with Crippen LogP contribution in [0.3, 0.4) is 0 Å². The minimum atomic E-state index is 0.142. The summed E-state index contributed by atoms with van der Waals surface area (Å²) in [6.07, 6.45) is 0. The maximum absolute atomic E-state index is 11.7. The highest BCUT2D eigenvalue weighted by Gasteiger charge is 2.20. The Hall–Kier alpha value is -0.530. The number of amides is 1. The molecule has 0 aliphatic rings. The molecule has 0 saturated carbocycles. The van der Waals surface area contributed by atoms with Crippen LogP contribution < -0.4 is 0 Å². The van der Waals surface area contributed by atoms with Crippen LogP contribution in [0.25, 0.3) is 0 Å². The van der Waals surface area contributed by atoms with Gasteiger partial charge in [-0.3, -0.25) is 4.79 Å². The third kappa shape index (κ3) is 4.30. The number of carbonyl (C=O) groups is 1. The van der Waals surface area contributed by atoms with Crippen molar-refractivity contribution < 1.29 is 4.79 Å². The summed E-state index contributed by atoms with van der Waals surface area (Å²) in [5, 5.41) is 0. The molecule has 0 saturated heterocycles. The van der Waals surface area contributed by atoms with Crippen molar-refractivity contribution in [2.24, 2.45) is 17.8 Å². The molecule has 1 atom stereocenters. The molecule has 1 amide bonds. The summed E-state index contributed by atoms with van der Waals surface area (Å²) >= 11 is 0. The van der Waals surface area contributed by atoms with Crippen molar-refractivity contribution in [1.82, 2.24) is 4.90 Å². The molecular weight excluding hydrogens is 162 g/mol. The average molecular weight is 185 g/mol. The highest BCUT2D eigenvalue weighted by molar-refractivity contribution is 5.78. The van der Waals surface area contributed by atoms with Gasteiger partial charge in [-0.15, -0.1) is 0 Å². The summed E-state index contributed by atoms with van der Waals surface area (Å²) in [7, 11) is 1.89. The fraction of sp³-hybridized carbons (Fsp3) is 0.909. The minimum Gasteiger partial charge on any atom is -0.345 e. The molecule has 0 radical (unpaired) electrons. The van der Waals surface area contributed by atoms with Crippen molar-refractivity contribution in [3.8, 4) is 0 Å². The van der Waals surface area contributed by atoms with E-state index < -0.39 is 0 Å². The zero-order valence-corrected chi connectivity index (χ0v) is 9.79. The Kier molecular flexibility index (Phi) is 5.04. The van der Waals surface area contributed by atoms with E-state index in [1.54, 1.807) is 0 Å². The Morgan fingerprint density at radius 2 is 1.62 bits per heavy atom. The standard InChI is InChI=1S/C11H23NO/c1-8(2)7-12(6)11(13)10(5)9(3)4/h8-10H,7H2,1-6H3. The molecule has 0 aromatic rings. The van der Waals surface area contributed by atoms with E-state index in [4.69, 9.17) is 0 Å². The molecule has 78 valence electrons. The van der Waals surface area contributed by atoms with E-state index in [9.17, 15) is 4.79 Å². The topological polar surface area (TPSA) is 20.3 Å². The molecule has 2 heteroatoms. The van der Waals surface area contributed by atoms with E-state index in [0.717, 1.165) is 6.54 Å². The Labute approximate surface area is 82.3 Å². The van der Waals surface area contributed by atoms with Crippen LogP contribution in [0.4, 0.5) is 0 Å². The summed E-state index contributed by atoms with van der Waals surface area (Å²) in [5.74, 6) is 1.39. The smallest absolute Gasteiger partial charge is 0.225 e. The van der Waals surface area contributed by atoms with Gasteiger partial charge in [-0.2, -0.15) is 0 Å². The van der Waals surface area contributed by atoms with Crippen molar-refractivity contribution in [2.45, 2.75) is 34.6 Å². The third-order valence-corrected chi connectivity index (χ3v) is 2.40. The summed E-state index contributed by atoms with van der Waals surface area (Å²) in [5.41, 5.74) is 0. The monoisotopic (exact) mass is 185 g/mol. The first-order valence-corrected chi connectivity index (χ1v) is 5.11. The maximum Gasteiger partial charge on any atom is 0.225 e. The van der Waals surface area contributed by atoms with E-state index in [2.05, 4.69) is 27.7 Å². The van der Waals surface area contributed by atoms with Gasteiger partial charge >= 0.3 is 0 Å². The normalized spacial score (nSPS) is 13.5. The maximum atomic E-state index is 11.7. The Morgan fingerprint density at radius 1 is 1.15 bits per heavy atom. The van der Waals surface area contributed by atoms with Crippen molar-refractivity contribution in [3.63, 3.8) is 0 Å². The summed E-state index contributed by atoms with van der Waals surface area (Å²) in [4.78, 5) is 13.6. The number of hydrogen-bond acceptors (Lipinski definition) is 1. The summed E-state index contributed by atoms with van der Waals surface area (Å²) in [6, 6.07) is 0.